The van der Waals surface area contributed by atoms with Gasteiger partial charge in [0, 0.05) is 43.1 Å². The quantitative estimate of drug-likeness (QED) is 0.139. The lowest BCUT2D eigenvalue weighted by atomic mass is 9.72. The molecular formula is C40H50N8. The van der Waals surface area contributed by atoms with Crippen LogP contribution in [0.25, 0.3) is 4.85 Å². The van der Waals surface area contributed by atoms with Gasteiger partial charge in [-0.2, -0.15) is 21.0 Å². The van der Waals surface area contributed by atoms with Crippen LogP contribution in [0.1, 0.15) is 118 Å². The lowest BCUT2D eigenvalue weighted by Gasteiger charge is -2.42. The summed E-state index contributed by atoms with van der Waals surface area (Å²) in [7, 11) is 0. The van der Waals surface area contributed by atoms with Gasteiger partial charge in [-0.15, -0.1) is 0 Å². The van der Waals surface area contributed by atoms with Crippen LogP contribution in [0.5, 0.6) is 0 Å². The molecule has 48 heavy (non-hydrogen) atoms. The van der Waals surface area contributed by atoms with Crippen LogP contribution in [0.2, 0.25) is 0 Å². The van der Waals surface area contributed by atoms with Crippen molar-refractivity contribution >= 4 is 0 Å². The van der Waals surface area contributed by atoms with Crippen molar-refractivity contribution < 1.29 is 0 Å². The molecule has 250 valence electrons. The second-order valence-corrected chi connectivity index (χ2v) is 15.9. The van der Waals surface area contributed by atoms with Crippen LogP contribution >= 0.6 is 0 Å². The highest BCUT2D eigenvalue weighted by Crippen LogP contribution is 2.46. The predicted octanol–water partition coefficient (Wildman–Crippen LogP) is 8.99. The van der Waals surface area contributed by atoms with Crippen LogP contribution in [0, 0.1) is 85.9 Å². The minimum absolute atomic E-state index is 0.0625. The average molecular weight is 643 g/mol. The van der Waals surface area contributed by atoms with Gasteiger partial charge in [-0.25, -0.2) is 10.1 Å². The second-order valence-electron chi connectivity index (χ2n) is 15.9. The zero-order valence-corrected chi connectivity index (χ0v) is 29.5. The van der Waals surface area contributed by atoms with Crippen molar-refractivity contribution in [1.82, 2.24) is 9.80 Å². The van der Waals surface area contributed by atoms with Gasteiger partial charge in [0.1, 0.15) is 23.8 Å². The first-order valence-electron chi connectivity index (χ1n) is 17.8. The minimum atomic E-state index is -0.0902. The first kappa shape index (κ1) is 36.3. The third-order valence-corrected chi connectivity index (χ3v) is 11.0. The molecule has 0 aromatic carbocycles. The Kier molecular flexibility index (Phi) is 12.2. The fourth-order valence-electron chi connectivity index (χ4n) is 8.43. The monoisotopic (exact) mass is 642 g/mol. The van der Waals surface area contributed by atoms with E-state index in [1.807, 2.05) is 18.2 Å². The third kappa shape index (κ3) is 8.69. The molecule has 0 radical (unpaired) electrons. The average Bonchev–Trinajstić information content (AvgIpc) is 3.07. The van der Waals surface area contributed by atoms with Crippen LogP contribution in [-0.4, -0.2) is 36.0 Å². The van der Waals surface area contributed by atoms with Crippen LogP contribution in [0.15, 0.2) is 45.0 Å². The molecule has 0 amide bonds. The second kappa shape index (κ2) is 16.1. The highest BCUT2D eigenvalue weighted by Gasteiger charge is 2.37. The van der Waals surface area contributed by atoms with Crippen molar-refractivity contribution in [3.05, 3.63) is 56.4 Å². The lowest BCUT2D eigenvalue weighted by Crippen LogP contribution is -2.37. The van der Waals surface area contributed by atoms with Crippen molar-refractivity contribution in [3.8, 4) is 30.3 Å². The van der Waals surface area contributed by atoms with Crippen molar-refractivity contribution in [3.63, 3.8) is 0 Å². The van der Waals surface area contributed by atoms with Gasteiger partial charge in [-0.1, -0.05) is 66.2 Å². The molecule has 2 aliphatic heterocycles. The van der Waals surface area contributed by atoms with Crippen molar-refractivity contribution in [2.75, 3.05) is 26.2 Å². The van der Waals surface area contributed by atoms with E-state index >= 15 is 0 Å². The summed E-state index contributed by atoms with van der Waals surface area (Å²) in [4.78, 5) is 8.16. The Bertz CT molecular complexity index is 1460. The van der Waals surface area contributed by atoms with E-state index in [1.165, 1.54) is 38.5 Å². The van der Waals surface area contributed by atoms with Gasteiger partial charge in [0.15, 0.2) is 0 Å². The molecule has 0 unspecified atom stereocenters. The molecule has 2 fully saturated rings. The summed E-state index contributed by atoms with van der Waals surface area (Å²) in [5, 5.41) is 48.6. The number of allylic oxidation sites excluding steroid dienone is 8. The number of hydrogen-bond acceptors (Lipinski definition) is 7. The molecule has 2 saturated heterocycles. The molecule has 0 bridgehead atoms. The fraction of sp³-hybridized carbons (Fsp3) is 0.650. The number of likely N-dealkylation sites (tertiary alicyclic amines) is 2. The molecule has 0 atom stereocenters. The summed E-state index contributed by atoms with van der Waals surface area (Å²) in [6.07, 6.45) is 14.8. The number of unbranched alkanes of at least 4 members (excludes halogenated alkanes) is 3. The van der Waals surface area contributed by atoms with Gasteiger partial charge in [0.2, 0.25) is 0 Å². The molecule has 8 nitrogen and oxygen atoms in total. The smallest absolute Gasteiger partial charge is 0.266 e. The maximum absolute atomic E-state index is 10.0. The predicted molar refractivity (Wildman–Crippen MR) is 185 cm³/mol. The van der Waals surface area contributed by atoms with Crippen LogP contribution in [0.4, 0.5) is 0 Å². The van der Waals surface area contributed by atoms with Gasteiger partial charge in [-0.05, 0) is 79.6 Å². The number of rotatable bonds is 9. The topological polar surface area (TPSA) is 130 Å². The van der Waals surface area contributed by atoms with E-state index in [0.717, 1.165) is 76.1 Å². The molecule has 4 rings (SSSR count). The molecular weight excluding hydrogens is 592 g/mol. The molecule has 0 spiro atoms. The Morgan fingerprint density at radius 3 is 1.44 bits per heavy atom. The van der Waals surface area contributed by atoms with E-state index in [-0.39, 0.29) is 22.1 Å². The Morgan fingerprint density at radius 2 is 1.06 bits per heavy atom. The van der Waals surface area contributed by atoms with Gasteiger partial charge >= 0.3 is 0 Å². The maximum atomic E-state index is 10.0. The zero-order valence-electron chi connectivity index (χ0n) is 29.5. The summed E-state index contributed by atoms with van der Waals surface area (Å²) >= 11 is 0. The molecule has 0 aromatic heterocycles. The van der Waals surface area contributed by atoms with E-state index in [9.17, 15) is 26.3 Å². The van der Waals surface area contributed by atoms with E-state index in [0.29, 0.717) is 47.0 Å². The number of nitriles is 5. The van der Waals surface area contributed by atoms with E-state index in [2.05, 4.69) is 54.5 Å². The molecule has 2 heterocycles. The van der Waals surface area contributed by atoms with Crippen molar-refractivity contribution in [2.24, 2.45) is 22.7 Å². The highest BCUT2D eigenvalue weighted by molar-refractivity contribution is 5.57. The summed E-state index contributed by atoms with van der Waals surface area (Å²) in [5.74, 6) is 1.43. The Labute approximate surface area is 288 Å². The van der Waals surface area contributed by atoms with Gasteiger partial charge in [0.05, 0.1) is 29.9 Å². The Morgan fingerprint density at radius 1 is 0.646 bits per heavy atom. The van der Waals surface area contributed by atoms with Crippen molar-refractivity contribution in [1.29, 1.82) is 26.3 Å². The molecule has 4 aliphatic rings. The highest BCUT2D eigenvalue weighted by atomic mass is 15.2. The molecule has 0 N–H and O–H groups in total. The van der Waals surface area contributed by atoms with Gasteiger partial charge < -0.3 is 9.80 Å². The largest absolute Gasteiger partial charge is 0.374 e. The fourth-order valence-corrected chi connectivity index (χ4v) is 8.43. The summed E-state index contributed by atoms with van der Waals surface area (Å²) in [5.41, 5.74) is 4.39. The van der Waals surface area contributed by atoms with Crippen molar-refractivity contribution in [2.45, 2.75) is 118 Å². The zero-order chi connectivity index (χ0) is 34.9. The van der Waals surface area contributed by atoms with Gasteiger partial charge in [0.25, 0.3) is 5.70 Å². The van der Waals surface area contributed by atoms with Crippen LogP contribution < -0.4 is 0 Å². The van der Waals surface area contributed by atoms with Crippen LogP contribution in [-0.2, 0) is 0 Å². The number of nitrogens with zero attached hydrogens (tertiary/aromatic N) is 8. The number of hydrogen-bond donors (Lipinski definition) is 0. The maximum Gasteiger partial charge on any atom is 0.266 e. The first-order chi connectivity index (χ1) is 23.0. The number of piperidine rings is 2. The van der Waals surface area contributed by atoms with E-state index < -0.39 is 0 Å². The Balaban J connectivity index is 1.19. The first-order valence-corrected chi connectivity index (χ1v) is 17.8. The third-order valence-electron chi connectivity index (χ3n) is 11.0. The minimum Gasteiger partial charge on any atom is -0.374 e. The molecule has 2 aliphatic carbocycles. The SMILES string of the molecule is [C-]#[N+]/C(C#N)=C1\CC(C)(C)CC(N2CCC(CCCCCCC3CCN(C4=C(C#N)C(=C(C#N)C#N)CC(C)(C)C4)CC3)CC2)=C1C#N. The molecule has 0 saturated carbocycles. The lowest BCUT2D eigenvalue weighted by molar-refractivity contribution is 0.186. The van der Waals surface area contributed by atoms with E-state index in [1.54, 1.807) is 0 Å². The summed E-state index contributed by atoms with van der Waals surface area (Å²) in [6.45, 7) is 19.8. The summed E-state index contributed by atoms with van der Waals surface area (Å²) in [6, 6.07) is 10.8. The van der Waals surface area contributed by atoms with Crippen LogP contribution in [0.3, 0.4) is 0 Å². The Hall–Kier alpha value is -4.50. The van der Waals surface area contributed by atoms with E-state index in [4.69, 9.17) is 6.57 Å². The molecule has 0 aromatic rings. The standard InChI is InChI=1S/C40H50N8/c1-39(2)20-32(31(24-41)25-42)34(26-43)37(22-39)47-16-12-29(13-17-47)10-8-6-7-9-11-30-14-18-48(19-15-30)38-23-40(3,4)21-33(35(38)27-44)36(28-45)46-5/h29-30H,6-23H2,1-4H3/b36-33+. The van der Waals surface area contributed by atoms with Gasteiger partial charge in [-0.3, -0.25) is 0 Å². The molecule has 8 heteroatoms. The normalized spacial score (nSPS) is 22.5. The summed E-state index contributed by atoms with van der Waals surface area (Å²) < 4.78 is 0.